The highest BCUT2D eigenvalue weighted by Crippen LogP contribution is 2.43. The van der Waals surface area contributed by atoms with Crippen LogP contribution in [-0.2, 0) is 27.1 Å². The molecule has 9 nitrogen and oxygen atoms in total. The minimum absolute atomic E-state index is 0.000389. The van der Waals surface area contributed by atoms with Crippen molar-refractivity contribution in [1.82, 2.24) is 14.7 Å². The fraction of sp³-hybridized carbons (Fsp3) is 0.528. The maximum atomic E-state index is 14.6. The lowest BCUT2D eigenvalue weighted by molar-refractivity contribution is -0.127. The minimum atomic E-state index is -1.93. The number of carbonyl (C=O) groups excluding carboxylic acids is 3. The Morgan fingerprint density at radius 3 is 2.08 bits per heavy atom. The number of aryl methyl sites for hydroxylation is 1. The standard InChI is InChI=1S/C36H46Cl3N3O6/c1-34(2,3)47-32(45)41-22-27-21-28(26-16-14-25(15-17-26)13-10-20-43)30(31(44)40(6)19-18-24-11-8-7-9-12-24)29(23-41)42(27)33(46)48-35(4,5)36(37,38)39/h7-9,11-12,14-17,27,29,43H,10,13,18-23H2,1-6H3. The second kappa shape index (κ2) is 15.3. The van der Waals surface area contributed by atoms with E-state index in [0.29, 0.717) is 25.0 Å². The van der Waals surface area contributed by atoms with Crippen molar-refractivity contribution in [3.63, 3.8) is 0 Å². The van der Waals surface area contributed by atoms with Gasteiger partial charge in [-0.15, -0.1) is 0 Å². The lowest BCUT2D eigenvalue weighted by Crippen LogP contribution is -2.66. The van der Waals surface area contributed by atoms with Gasteiger partial charge in [-0.25, -0.2) is 9.59 Å². The lowest BCUT2D eigenvalue weighted by atomic mass is 9.81. The Hall–Kier alpha value is -2.98. The molecule has 262 valence electrons. The molecule has 2 atom stereocenters. The number of aliphatic hydroxyl groups excluding tert-OH is 1. The fourth-order valence-electron chi connectivity index (χ4n) is 5.94. The number of likely N-dealkylation sites (N-methyl/N-ethyl adjacent to an activating group) is 1. The quantitative estimate of drug-likeness (QED) is 0.279. The fourth-order valence-corrected chi connectivity index (χ4v) is 6.05. The van der Waals surface area contributed by atoms with Crippen molar-refractivity contribution < 1.29 is 29.0 Å². The highest BCUT2D eigenvalue weighted by Gasteiger charge is 2.52. The van der Waals surface area contributed by atoms with Crippen molar-refractivity contribution in [2.45, 2.75) is 87.4 Å². The molecule has 0 aromatic heterocycles. The molecule has 1 N–H and O–H groups in total. The number of benzene rings is 2. The van der Waals surface area contributed by atoms with Crippen LogP contribution in [-0.4, -0.2) is 98.3 Å². The van der Waals surface area contributed by atoms with Crippen molar-refractivity contribution >= 4 is 58.5 Å². The van der Waals surface area contributed by atoms with Crippen LogP contribution < -0.4 is 0 Å². The first-order valence-electron chi connectivity index (χ1n) is 16.2. The molecule has 2 aromatic rings. The van der Waals surface area contributed by atoms with E-state index >= 15 is 0 Å². The summed E-state index contributed by atoms with van der Waals surface area (Å²) in [6, 6.07) is 16.4. The van der Waals surface area contributed by atoms with E-state index in [1.165, 1.54) is 18.7 Å². The number of rotatable bonds is 9. The van der Waals surface area contributed by atoms with Crippen LogP contribution in [0.25, 0.3) is 5.57 Å². The van der Waals surface area contributed by atoms with Gasteiger partial charge in [0.05, 0.1) is 12.1 Å². The van der Waals surface area contributed by atoms with Crippen LogP contribution in [0.2, 0.25) is 0 Å². The normalized spacial score (nSPS) is 18.5. The zero-order valence-corrected chi connectivity index (χ0v) is 30.7. The molecular formula is C36H46Cl3N3O6. The van der Waals surface area contributed by atoms with E-state index in [9.17, 15) is 19.5 Å². The Labute approximate surface area is 298 Å². The molecular weight excluding hydrogens is 677 g/mol. The molecule has 3 amide bonds. The van der Waals surface area contributed by atoms with Gasteiger partial charge in [-0.3, -0.25) is 9.69 Å². The van der Waals surface area contributed by atoms with Gasteiger partial charge in [0.1, 0.15) is 5.60 Å². The third-order valence-electron chi connectivity index (χ3n) is 8.62. The van der Waals surface area contributed by atoms with E-state index in [4.69, 9.17) is 44.3 Å². The predicted molar refractivity (Wildman–Crippen MR) is 189 cm³/mol. The Morgan fingerprint density at radius 1 is 0.875 bits per heavy atom. The van der Waals surface area contributed by atoms with Gasteiger partial charge in [0, 0.05) is 38.9 Å². The van der Waals surface area contributed by atoms with Gasteiger partial charge >= 0.3 is 12.2 Å². The maximum absolute atomic E-state index is 14.6. The summed E-state index contributed by atoms with van der Waals surface area (Å²) in [6.07, 6.45) is 0.978. The summed E-state index contributed by atoms with van der Waals surface area (Å²) in [4.78, 5) is 46.8. The van der Waals surface area contributed by atoms with Crippen molar-refractivity contribution in [1.29, 1.82) is 0 Å². The monoisotopic (exact) mass is 721 g/mol. The molecule has 0 spiro atoms. The Kier molecular flexibility index (Phi) is 12.0. The molecule has 0 saturated carbocycles. The number of aliphatic hydroxyl groups is 1. The first-order valence-corrected chi connectivity index (χ1v) is 17.3. The van der Waals surface area contributed by atoms with Crippen LogP contribution in [0.5, 0.6) is 0 Å². The van der Waals surface area contributed by atoms with Gasteiger partial charge in [0.15, 0.2) is 5.60 Å². The van der Waals surface area contributed by atoms with Crippen molar-refractivity contribution in [2.24, 2.45) is 0 Å². The molecule has 2 unspecified atom stereocenters. The minimum Gasteiger partial charge on any atom is -0.444 e. The SMILES string of the molecule is CN(CCc1ccccc1)C(=O)C1=C(c2ccc(CCCO)cc2)CC2CN(C(=O)OC(C)(C)C)CC1N2C(=O)OC(C)(C)C(Cl)(Cl)Cl. The molecule has 12 heteroatoms. The van der Waals surface area contributed by atoms with Crippen LogP contribution in [0, 0.1) is 0 Å². The second-order valence-corrected chi connectivity index (χ2v) is 16.2. The van der Waals surface area contributed by atoms with Gasteiger partial charge in [0.25, 0.3) is 5.91 Å². The number of hydrogen-bond acceptors (Lipinski definition) is 6. The largest absolute Gasteiger partial charge is 0.444 e. The summed E-state index contributed by atoms with van der Waals surface area (Å²) in [5.74, 6) is -0.266. The average Bonchev–Trinajstić information content (AvgIpc) is 3.00. The molecule has 1 fully saturated rings. The number of nitrogens with zero attached hydrogens (tertiary/aromatic N) is 3. The second-order valence-electron chi connectivity index (χ2n) is 13.9. The molecule has 2 heterocycles. The van der Waals surface area contributed by atoms with Crippen LogP contribution in [0.1, 0.15) is 64.2 Å². The number of alkyl halides is 3. The van der Waals surface area contributed by atoms with E-state index in [1.807, 2.05) is 54.6 Å². The summed E-state index contributed by atoms with van der Waals surface area (Å²) < 4.78 is 9.63. The Balaban J connectivity index is 1.80. The summed E-state index contributed by atoms with van der Waals surface area (Å²) in [5, 5.41) is 9.30. The van der Waals surface area contributed by atoms with E-state index in [0.717, 1.165) is 28.7 Å². The van der Waals surface area contributed by atoms with Gasteiger partial charge < -0.3 is 24.4 Å². The van der Waals surface area contributed by atoms with Crippen LogP contribution in [0.3, 0.4) is 0 Å². The van der Waals surface area contributed by atoms with E-state index in [1.54, 1.807) is 37.6 Å². The van der Waals surface area contributed by atoms with E-state index in [2.05, 4.69) is 0 Å². The highest BCUT2D eigenvalue weighted by molar-refractivity contribution is 6.68. The zero-order valence-electron chi connectivity index (χ0n) is 28.5. The molecule has 48 heavy (non-hydrogen) atoms. The van der Waals surface area contributed by atoms with E-state index in [-0.39, 0.29) is 32.0 Å². The van der Waals surface area contributed by atoms with Gasteiger partial charge in [-0.2, -0.15) is 0 Å². The van der Waals surface area contributed by atoms with Crippen LogP contribution in [0.15, 0.2) is 60.2 Å². The maximum Gasteiger partial charge on any atom is 0.411 e. The number of carbonyl (C=O) groups is 3. The summed E-state index contributed by atoms with van der Waals surface area (Å²) in [5.41, 5.74) is 1.93. The number of amides is 3. The third kappa shape index (κ3) is 9.17. The molecule has 0 aliphatic carbocycles. The first kappa shape index (κ1) is 37.8. The molecule has 4 rings (SSSR count). The van der Waals surface area contributed by atoms with Gasteiger partial charge in [0.2, 0.25) is 3.79 Å². The highest BCUT2D eigenvalue weighted by atomic mass is 35.6. The Bertz CT molecular complexity index is 1490. The summed E-state index contributed by atoms with van der Waals surface area (Å²) in [6.45, 7) is 9.06. The summed E-state index contributed by atoms with van der Waals surface area (Å²) in [7, 11) is 1.74. The smallest absolute Gasteiger partial charge is 0.411 e. The van der Waals surface area contributed by atoms with E-state index < -0.39 is 39.3 Å². The number of halogens is 3. The number of hydrogen-bond donors (Lipinski definition) is 1. The van der Waals surface area contributed by atoms with Crippen molar-refractivity contribution in [2.75, 3.05) is 33.3 Å². The van der Waals surface area contributed by atoms with Gasteiger partial charge in [-0.1, -0.05) is 89.4 Å². The van der Waals surface area contributed by atoms with Crippen LogP contribution >= 0.6 is 34.8 Å². The van der Waals surface area contributed by atoms with Crippen molar-refractivity contribution in [3.05, 3.63) is 76.9 Å². The molecule has 1 saturated heterocycles. The summed E-state index contributed by atoms with van der Waals surface area (Å²) >= 11 is 18.6. The molecule has 2 aliphatic heterocycles. The predicted octanol–water partition coefficient (Wildman–Crippen LogP) is 7.05. The first-order chi connectivity index (χ1) is 22.4. The number of fused-ring (bicyclic) bond motifs is 2. The molecule has 2 aliphatic rings. The van der Waals surface area contributed by atoms with Gasteiger partial charge in [-0.05, 0) is 82.6 Å². The number of piperazine rings is 1. The zero-order chi connectivity index (χ0) is 35.4. The number of ether oxygens (including phenoxy) is 2. The lowest BCUT2D eigenvalue weighted by Gasteiger charge is -2.51. The molecule has 2 aromatic carbocycles. The molecule has 2 bridgehead atoms. The third-order valence-corrected chi connectivity index (χ3v) is 9.99. The van der Waals surface area contributed by atoms with Crippen LogP contribution in [0.4, 0.5) is 9.59 Å². The van der Waals surface area contributed by atoms with Crippen molar-refractivity contribution in [3.8, 4) is 0 Å². The molecule has 0 radical (unpaired) electrons. The average molecular weight is 723 g/mol. The topological polar surface area (TPSA) is 99.6 Å². The Morgan fingerprint density at radius 2 is 1.50 bits per heavy atom.